The molecule has 2 heterocycles. The number of oxazole rings is 1. The summed E-state index contributed by atoms with van der Waals surface area (Å²) in [6.45, 7) is 2.06. The Labute approximate surface area is 330 Å². The molecule has 0 bridgehead atoms. The number of aliphatic hydroxyl groups is 1. The monoisotopic (exact) mass is 769 g/mol. The largest absolute Gasteiger partial charge is 0.467 e. The van der Waals surface area contributed by atoms with Crippen LogP contribution in [-0.4, -0.2) is 47.1 Å². The smallest absolute Gasteiger partial charge is 0.328 e. The predicted molar refractivity (Wildman–Crippen MR) is 216 cm³/mol. The van der Waals surface area contributed by atoms with Crippen LogP contribution in [-0.2, 0) is 32.0 Å². The van der Waals surface area contributed by atoms with Gasteiger partial charge in [-0.15, -0.1) is 0 Å². The summed E-state index contributed by atoms with van der Waals surface area (Å²) in [7, 11) is 1.30. The van der Waals surface area contributed by atoms with E-state index in [1.165, 1.54) is 18.9 Å². The van der Waals surface area contributed by atoms with Crippen molar-refractivity contribution in [2.75, 3.05) is 18.2 Å². The van der Waals surface area contributed by atoms with Gasteiger partial charge < -0.3 is 34.4 Å². The van der Waals surface area contributed by atoms with E-state index in [0.717, 1.165) is 39.1 Å². The van der Waals surface area contributed by atoms with Gasteiger partial charge in [0.1, 0.15) is 11.7 Å². The Hall–Kier alpha value is -5.72. The minimum absolute atomic E-state index is 0.0484. The third-order valence-electron chi connectivity index (χ3n) is 9.70. The average Bonchev–Trinajstić information content (AvgIpc) is 3.68. The molecular formula is C45H43N3O7S. The predicted octanol–water partition coefficient (Wildman–Crippen LogP) is 8.99. The number of ether oxygens (including phenoxy) is 3. The molecule has 5 atom stereocenters. The molecule has 1 aliphatic heterocycles. The van der Waals surface area contributed by atoms with Crippen molar-refractivity contribution < 1.29 is 33.3 Å². The Morgan fingerprint density at radius 3 is 2.05 bits per heavy atom. The molecule has 6 aromatic rings. The summed E-state index contributed by atoms with van der Waals surface area (Å²) in [6.07, 6.45) is -1.02. The summed E-state index contributed by atoms with van der Waals surface area (Å²) < 4.78 is 24.7. The van der Waals surface area contributed by atoms with E-state index < -0.39 is 24.3 Å². The fourth-order valence-electron chi connectivity index (χ4n) is 6.64. The van der Waals surface area contributed by atoms with Crippen molar-refractivity contribution >= 4 is 29.4 Å². The zero-order chi connectivity index (χ0) is 38.9. The number of rotatable bonds is 13. The van der Waals surface area contributed by atoms with E-state index in [0.29, 0.717) is 22.4 Å². The lowest BCUT2D eigenvalue weighted by Crippen LogP contribution is -2.45. The molecule has 0 spiro atoms. The summed E-state index contributed by atoms with van der Waals surface area (Å²) in [4.78, 5) is 30.4. The number of methoxy groups -OCH3 is 1. The van der Waals surface area contributed by atoms with Crippen molar-refractivity contribution in [3.63, 3.8) is 0 Å². The first kappa shape index (κ1) is 38.6. The second-order valence-corrected chi connectivity index (χ2v) is 14.5. The van der Waals surface area contributed by atoms with Gasteiger partial charge in [-0.25, -0.2) is 14.6 Å². The number of carbonyl (C=O) groups is 2. The van der Waals surface area contributed by atoms with Crippen LogP contribution in [0.3, 0.4) is 0 Å². The van der Waals surface area contributed by atoms with E-state index in [4.69, 9.17) is 23.6 Å². The van der Waals surface area contributed by atoms with Gasteiger partial charge in [0.25, 0.3) is 5.22 Å². The van der Waals surface area contributed by atoms with Crippen LogP contribution >= 0.6 is 11.8 Å². The van der Waals surface area contributed by atoms with Gasteiger partial charge in [0, 0.05) is 40.5 Å². The molecule has 0 radical (unpaired) electrons. The Morgan fingerprint density at radius 1 is 0.786 bits per heavy atom. The first-order valence-corrected chi connectivity index (χ1v) is 19.4. The first-order chi connectivity index (χ1) is 27.4. The molecule has 2 amide bonds. The molecule has 1 aromatic heterocycles. The molecule has 56 heavy (non-hydrogen) atoms. The number of anilines is 1. The highest BCUT2D eigenvalue weighted by Crippen LogP contribution is 2.44. The summed E-state index contributed by atoms with van der Waals surface area (Å²) >= 11 is 1.49. The molecule has 10 nitrogen and oxygen atoms in total. The Morgan fingerprint density at radius 2 is 1.41 bits per heavy atom. The summed E-state index contributed by atoms with van der Waals surface area (Å²) in [5, 5.41) is 15.8. The topological polar surface area (TPSA) is 132 Å². The molecule has 5 aromatic carbocycles. The number of hydrogen-bond donors (Lipinski definition) is 3. The van der Waals surface area contributed by atoms with Gasteiger partial charge in [-0.2, -0.15) is 0 Å². The highest BCUT2D eigenvalue weighted by atomic mass is 32.2. The highest BCUT2D eigenvalue weighted by molar-refractivity contribution is 7.99. The minimum Gasteiger partial charge on any atom is -0.467 e. The fourth-order valence-corrected chi connectivity index (χ4v) is 7.62. The van der Waals surface area contributed by atoms with E-state index >= 15 is 0 Å². The lowest BCUT2D eigenvalue weighted by Gasteiger charge is -2.41. The number of carbonyl (C=O) groups excluding carboxylic acids is 2. The van der Waals surface area contributed by atoms with Gasteiger partial charge in [0.05, 0.1) is 25.9 Å². The Balaban J connectivity index is 1.08. The molecule has 0 unspecified atom stereocenters. The number of benzene rings is 5. The van der Waals surface area contributed by atoms with Gasteiger partial charge in [-0.3, -0.25) is 0 Å². The van der Waals surface area contributed by atoms with Crippen LogP contribution in [0.5, 0.6) is 0 Å². The molecule has 0 aliphatic carbocycles. The third kappa shape index (κ3) is 9.38. The third-order valence-corrected chi connectivity index (χ3v) is 10.6. The standard InChI is InChI=1S/C45H43N3O7S/c1-29-38(28-56-45-48-39(32-14-8-4-9-15-32)41(55-45)33-16-10-5-11-17-33)53-43(54-40(29)34-20-18-31(27-49)19-21-34)35-22-24-36(25-23-35)46-44(51)47-37(42(50)52-2)26-30-12-6-3-7-13-30/h3-25,29,37-38,40,43,49H,26-28H2,1-2H3,(H2,46,47,51)/t29-,37+,38+,40+,43+/m1/s1. The SMILES string of the molecule is COC(=O)[C@H](Cc1ccccc1)NC(=O)Nc1ccc([C@H]2O[C@@H](CSc3nc(-c4ccccc4)c(-c4ccccc4)o3)[C@@H](C)[C@@H](c3ccc(CO)cc3)O2)cc1. The number of esters is 1. The van der Waals surface area contributed by atoms with E-state index in [9.17, 15) is 14.7 Å². The van der Waals surface area contributed by atoms with Crippen molar-refractivity contribution in [3.8, 4) is 22.6 Å². The number of amides is 2. The highest BCUT2D eigenvalue weighted by Gasteiger charge is 2.39. The normalized spacial score (nSPS) is 18.5. The Bertz CT molecular complexity index is 2130. The molecular weight excluding hydrogens is 727 g/mol. The summed E-state index contributed by atoms with van der Waals surface area (Å²) in [5.41, 5.74) is 6.65. The van der Waals surface area contributed by atoms with Crippen LogP contribution < -0.4 is 10.6 Å². The number of nitrogens with zero attached hydrogens (tertiary/aromatic N) is 1. The molecule has 3 N–H and O–H groups in total. The van der Waals surface area contributed by atoms with Gasteiger partial charge >= 0.3 is 12.0 Å². The molecule has 11 heteroatoms. The van der Waals surface area contributed by atoms with Crippen LogP contribution in [0, 0.1) is 5.92 Å². The summed E-state index contributed by atoms with van der Waals surface area (Å²) in [5.74, 6) is 0.655. The number of aliphatic hydroxyl groups excluding tert-OH is 1. The number of nitrogens with one attached hydrogen (secondary N) is 2. The number of hydrogen-bond acceptors (Lipinski definition) is 9. The van der Waals surface area contributed by atoms with E-state index in [1.54, 1.807) is 12.1 Å². The number of aromatic nitrogens is 1. The van der Waals surface area contributed by atoms with Gasteiger partial charge in [0.15, 0.2) is 12.1 Å². The maximum Gasteiger partial charge on any atom is 0.328 e. The zero-order valence-electron chi connectivity index (χ0n) is 31.0. The maximum atomic E-state index is 13.0. The molecule has 1 saturated heterocycles. The molecule has 1 fully saturated rings. The summed E-state index contributed by atoms with van der Waals surface area (Å²) in [6, 6.07) is 43.0. The van der Waals surface area contributed by atoms with Crippen LogP contribution in [0.25, 0.3) is 22.6 Å². The first-order valence-electron chi connectivity index (χ1n) is 18.4. The molecule has 286 valence electrons. The average molecular weight is 770 g/mol. The van der Waals surface area contributed by atoms with E-state index in [-0.39, 0.29) is 31.2 Å². The van der Waals surface area contributed by atoms with E-state index in [2.05, 4.69) is 17.6 Å². The van der Waals surface area contributed by atoms with Crippen LogP contribution in [0.1, 0.15) is 41.6 Å². The van der Waals surface area contributed by atoms with Crippen molar-refractivity contribution in [1.82, 2.24) is 10.3 Å². The van der Waals surface area contributed by atoms with Crippen molar-refractivity contribution in [1.29, 1.82) is 0 Å². The van der Waals surface area contributed by atoms with Crippen LogP contribution in [0.15, 0.2) is 149 Å². The maximum absolute atomic E-state index is 13.0. The van der Waals surface area contributed by atoms with Gasteiger partial charge in [-0.05, 0) is 28.8 Å². The lowest BCUT2D eigenvalue weighted by atomic mass is 9.91. The molecule has 1 aliphatic rings. The van der Waals surface area contributed by atoms with Crippen molar-refractivity contribution in [2.45, 2.75) is 49.7 Å². The van der Waals surface area contributed by atoms with Crippen molar-refractivity contribution in [2.24, 2.45) is 5.92 Å². The van der Waals surface area contributed by atoms with Gasteiger partial charge in [0.2, 0.25) is 0 Å². The fraction of sp³-hybridized carbons (Fsp3) is 0.222. The second-order valence-electron chi connectivity index (χ2n) is 13.5. The zero-order valence-corrected chi connectivity index (χ0v) is 31.9. The van der Waals surface area contributed by atoms with Crippen LogP contribution in [0.2, 0.25) is 0 Å². The van der Waals surface area contributed by atoms with Crippen LogP contribution in [0.4, 0.5) is 10.5 Å². The quantitative estimate of drug-likeness (QED) is 0.0778. The Kier molecular flexibility index (Phi) is 12.6. The molecule has 7 rings (SSSR count). The molecule has 0 saturated carbocycles. The second kappa shape index (κ2) is 18.3. The van der Waals surface area contributed by atoms with Gasteiger partial charge in [-0.1, -0.05) is 146 Å². The lowest BCUT2D eigenvalue weighted by molar-refractivity contribution is -0.268. The van der Waals surface area contributed by atoms with E-state index in [1.807, 2.05) is 127 Å². The number of urea groups is 1. The minimum atomic E-state index is -0.864. The van der Waals surface area contributed by atoms with Crippen molar-refractivity contribution in [3.05, 3.63) is 162 Å². The number of thioether (sulfide) groups is 1.